The van der Waals surface area contributed by atoms with Crippen molar-refractivity contribution in [1.29, 1.82) is 0 Å². The molecule has 4 aliphatic heterocycles. The van der Waals surface area contributed by atoms with E-state index in [1.54, 1.807) is 0 Å². The summed E-state index contributed by atoms with van der Waals surface area (Å²) < 4.78 is 7.86. The predicted octanol–water partition coefficient (Wildman–Crippen LogP) is 21.0. The lowest BCUT2D eigenvalue weighted by molar-refractivity contribution is 0.483. The van der Waals surface area contributed by atoms with Crippen molar-refractivity contribution in [3.63, 3.8) is 0 Å². The Morgan fingerprint density at radius 1 is 0.255 bits per heavy atom. The third-order valence-electron chi connectivity index (χ3n) is 21.9. The minimum atomic E-state index is -0.233. The van der Waals surface area contributed by atoms with Crippen LogP contribution in [0.2, 0.25) is 0 Å². The van der Waals surface area contributed by atoms with Gasteiger partial charge in [0.05, 0.1) is 5.69 Å². The Balaban J connectivity index is 0.877. The monoisotopic (exact) mass is 1250 g/mol. The van der Waals surface area contributed by atoms with Gasteiger partial charge in [0.15, 0.2) is 0 Å². The van der Waals surface area contributed by atoms with E-state index in [1.807, 2.05) is 0 Å². The quantitative estimate of drug-likeness (QED) is 0.126. The van der Waals surface area contributed by atoms with E-state index in [4.69, 9.17) is 4.74 Å². The molecule has 16 aromatic carbocycles. The van der Waals surface area contributed by atoms with E-state index in [9.17, 15) is 0 Å². The average Bonchev–Trinajstić information content (AvgIpc) is 0.688. The van der Waals surface area contributed by atoms with Gasteiger partial charge in [-0.2, -0.15) is 0 Å². The molecule has 6 heteroatoms. The maximum Gasteiger partial charge on any atom is 0.256 e. The van der Waals surface area contributed by atoms with Gasteiger partial charge in [-0.05, 0) is 191 Å². The number of hydrogen-bond acceptors (Lipinski definition) is 4. The summed E-state index contributed by atoms with van der Waals surface area (Å²) in [5, 5.41) is 15.0. The molecule has 0 aliphatic carbocycles. The van der Waals surface area contributed by atoms with Gasteiger partial charge in [-0.1, -0.05) is 272 Å². The Morgan fingerprint density at radius 2 is 0.633 bits per heavy atom. The van der Waals surface area contributed by atoms with Crippen LogP contribution in [0, 0.1) is 0 Å². The highest BCUT2D eigenvalue weighted by Gasteiger charge is 2.49. The van der Waals surface area contributed by atoms with E-state index >= 15 is 0 Å². The van der Waals surface area contributed by atoms with Crippen molar-refractivity contribution in [2.45, 2.75) is 52.4 Å². The lowest BCUT2D eigenvalue weighted by atomic mass is 9.30. The number of para-hydroxylation sites is 3. The number of anilines is 9. The van der Waals surface area contributed by atoms with Crippen LogP contribution in [0.15, 0.2) is 297 Å². The maximum absolute atomic E-state index is 7.86. The molecule has 20 rings (SSSR count). The van der Waals surface area contributed by atoms with Gasteiger partial charge in [0.25, 0.3) is 13.4 Å². The highest BCUT2D eigenvalue weighted by molar-refractivity contribution is 7.02. The topological polar surface area (TPSA) is 19.0 Å². The normalized spacial score (nSPS) is 13.6. The van der Waals surface area contributed by atoms with E-state index in [0.717, 1.165) is 73.3 Å². The minimum absolute atomic E-state index is 0.167. The number of rotatable bonds is 5. The maximum atomic E-state index is 7.86. The van der Waals surface area contributed by atoms with Crippen LogP contribution < -0.4 is 52.2 Å². The van der Waals surface area contributed by atoms with Gasteiger partial charge in [-0.25, -0.2) is 0 Å². The van der Waals surface area contributed by atoms with E-state index in [0.29, 0.717) is 0 Å². The Labute approximate surface area is 572 Å². The van der Waals surface area contributed by atoms with Crippen LogP contribution in [0.4, 0.5) is 51.2 Å². The Kier molecular flexibility index (Phi) is 12.1. The van der Waals surface area contributed by atoms with Crippen LogP contribution in [-0.2, 0) is 10.8 Å². The summed E-state index contributed by atoms with van der Waals surface area (Å²) in [5.74, 6) is 1.76. The summed E-state index contributed by atoms with van der Waals surface area (Å²) in [7, 11) is 0. The molecule has 0 spiro atoms. The third kappa shape index (κ3) is 8.27. The summed E-state index contributed by atoms with van der Waals surface area (Å²) in [5.41, 5.74) is 24.3. The number of nitrogens with zero attached hydrogens (tertiary/aromatic N) is 3. The van der Waals surface area contributed by atoms with Crippen molar-refractivity contribution < 1.29 is 4.74 Å². The van der Waals surface area contributed by atoms with Crippen molar-refractivity contribution in [1.82, 2.24) is 0 Å². The van der Waals surface area contributed by atoms with Gasteiger partial charge in [-0.15, -0.1) is 0 Å². The largest absolute Gasteiger partial charge is 0.458 e. The van der Waals surface area contributed by atoms with Gasteiger partial charge in [-0.3, -0.25) is 0 Å². The molecule has 0 aromatic heterocycles. The number of benzene rings is 16. The lowest BCUT2D eigenvalue weighted by Crippen LogP contribution is -2.64. The zero-order valence-corrected chi connectivity index (χ0v) is 55.7. The standard InChI is InChI=1S/C92H67B2N3O/c1-91(2,3)58-48-83-88-84(49-58)96(61-45-47-73-69-35-16-14-31-65(69)67-33-18-20-37-71(67)75(73)53-61)82-55-86-79(54-78(82)93(88)76-40-21-23-42-80(76)95(83)60-44-46-72-68-34-15-13-30-64(68)66-32-17-19-36-70(66)74(72)52-60)94-77-41-22-24-43-81(77)97(85-50-59(92(4,5)6)51-87(98-86)89(85)94)90-62(56-26-9-7-10-27-56)38-25-39-63(90)57-28-11-8-12-29-57/h7-55H,1-6H3. The van der Waals surface area contributed by atoms with Crippen molar-refractivity contribution in [3.05, 3.63) is 308 Å². The highest BCUT2D eigenvalue weighted by Crippen LogP contribution is 2.53. The van der Waals surface area contributed by atoms with Gasteiger partial charge in [0.1, 0.15) is 11.5 Å². The van der Waals surface area contributed by atoms with Crippen LogP contribution in [-0.4, -0.2) is 13.4 Å². The molecule has 0 amide bonds. The molecule has 0 atom stereocenters. The fourth-order valence-corrected chi connectivity index (χ4v) is 17.4. The first-order chi connectivity index (χ1) is 47.9. The summed E-state index contributed by atoms with van der Waals surface area (Å²) in [6.07, 6.45) is 0. The second-order valence-electron chi connectivity index (χ2n) is 29.5. The molecule has 0 fully saturated rings. The molecule has 0 saturated carbocycles. The van der Waals surface area contributed by atoms with Gasteiger partial charge in [0.2, 0.25) is 0 Å². The Morgan fingerprint density at radius 3 is 1.10 bits per heavy atom. The first kappa shape index (κ1) is 56.7. The van der Waals surface area contributed by atoms with Crippen LogP contribution in [0.5, 0.6) is 11.5 Å². The third-order valence-corrected chi connectivity index (χ3v) is 21.9. The molecule has 0 saturated heterocycles. The molecule has 16 aromatic rings. The first-order valence-corrected chi connectivity index (χ1v) is 34.6. The van der Waals surface area contributed by atoms with Crippen molar-refractivity contribution >= 4 is 162 Å². The molecular formula is C92H67B2N3O. The zero-order chi connectivity index (χ0) is 65.4. The van der Waals surface area contributed by atoms with Crippen molar-refractivity contribution in [2.75, 3.05) is 14.7 Å². The average molecular weight is 1250 g/mol. The zero-order valence-electron chi connectivity index (χ0n) is 55.7. The fraction of sp³-hybridized carbons (Fsp3) is 0.0870. The van der Waals surface area contributed by atoms with Crippen LogP contribution in [0.25, 0.3) is 86.9 Å². The lowest BCUT2D eigenvalue weighted by Gasteiger charge is -2.46. The van der Waals surface area contributed by atoms with Gasteiger partial charge < -0.3 is 19.4 Å². The number of ether oxygens (including phenoxy) is 1. The highest BCUT2D eigenvalue weighted by atomic mass is 16.5. The van der Waals surface area contributed by atoms with E-state index in [1.165, 1.54) is 120 Å². The summed E-state index contributed by atoms with van der Waals surface area (Å²) in [4.78, 5) is 7.81. The smallest absolute Gasteiger partial charge is 0.256 e. The van der Waals surface area contributed by atoms with Gasteiger partial charge in [0, 0.05) is 62.7 Å². The van der Waals surface area contributed by atoms with Gasteiger partial charge >= 0.3 is 0 Å². The van der Waals surface area contributed by atoms with Crippen molar-refractivity contribution in [2.24, 2.45) is 0 Å². The SMILES string of the molecule is CC(C)(C)c1cc2c3c(c1)N(c1c(-c4ccccc4)cccc1-c1ccccc1)c1ccccc1B3c1cc3c(cc1O2)N(c1ccc2c4ccccc4c4ccccc4c2c1)c1cc(C(C)(C)C)cc2c1B3c1ccccc1N2c1ccc2c3ccccc3c3ccccc3c2c1. The predicted molar refractivity (Wildman–Crippen MR) is 420 cm³/mol. The summed E-state index contributed by atoms with van der Waals surface area (Å²) in [6.45, 7) is 13.8. The van der Waals surface area contributed by atoms with Crippen LogP contribution >= 0.6 is 0 Å². The molecule has 462 valence electrons. The van der Waals surface area contributed by atoms with E-state index in [2.05, 4.69) is 353 Å². The fourth-order valence-electron chi connectivity index (χ4n) is 17.4. The van der Waals surface area contributed by atoms with Crippen LogP contribution in [0.3, 0.4) is 0 Å². The molecule has 4 nitrogen and oxygen atoms in total. The Hall–Kier alpha value is -11.6. The first-order valence-electron chi connectivity index (χ1n) is 34.6. The van der Waals surface area contributed by atoms with E-state index in [-0.39, 0.29) is 24.3 Å². The molecule has 0 unspecified atom stereocenters. The van der Waals surface area contributed by atoms with E-state index < -0.39 is 0 Å². The molecule has 0 radical (unpaired) electrons. The molecular weight excluding hydrogens is 1180 g/mol. The minimum Gasteiger partial charge on any atom is -0.458 e. The molecule has 4 aliphatic rings. The van der Waals surface area contributed by atoms with Crippen LogP contribution in [0.1, 0.15) is 52.7 Å². The summed E-state index contributed by atoms with van der Waals surface area (Å²) in [6, 6.07) is 112. The Bertz CT molecular complexity index is 5980. The molecule has 0 N–H and O–H groups in total. The van der Waals surface area contributed by atoms with Crippen molar-refractivity contribution in [3.8, 4) is 33.8 Å². The second-order valence-corrected chi connectivity index (χ2v) is 29.5. The summed E-state index contributed by atoms with van der Waals surface area (Å²) >= 11 is 0. The molecule has 0 bridgehead atoms. The second kappa shape index (κ2) is 21.0. The molecule has 4 heterocycles. The number of fused-ring (bicyclic) bond motifs is 20. The molecule has 98 heavy (non-hydrogen) atoms. The number of hydrogen-bond donors (Lipinski definition) is 0.